The first-order valence-corrected chi connectivity index (χ1v) is 20.6. The van der Waals surface area contributed by atoms with Gasteiger partial charge in [-0.3, -0.25) is 0 Å². The van der Waals surface area contributed by atoms with Crippen molar-refractivity contribution in [1.82, 2.24) is 9.13 Å². The highest BCUT2D eigenvalue weighted by molar-refractivity contribution is 7.25. The molecule has 0 fully saturated rings. The highest BCUT2D eigenvalue weighted by Crippen LogP contribution is 2.45. The summed E-state index contributed by atoms with van der Waals surface area (Å²) in [6.07, 6.45) is 0. The molecule has 3 heterocycles. The number of benzene rings is 9. The van der Waals surface area contributed by atoms with E-state index in [4.69, 9.17) is 0 Å². The fraction of sp³-hybridized carbons (Fsp3) is 0. The Morgan fingerprint density at radius 1 is 0.328 bits per heavy atom. The first kappa shape index (κ1) is 32.8. The van der Waals surface area contributed by atoms with Crippen LogP contribution >= 0.6 is 11.3 Å². The van der Waals surface area contributed by atoms with Crippen LogP contribution in [-0.4, -0.2) is 9.13 Å². The molecule has 0 aliphatic carbocycles. The average Bonchev–Trinajstić information content (AvgIpc) is 3.95. The molecule has 3 nitrogen and oxygen atoms in total. The van der Waals surface area contributed by atoms with E-state index in [0.29, 0.717) is 0 Å². The predicted octanol–water partition coefficient (Wildman–Crippen LogP) is 15.4. The first-order chi connectivity index (χ1) is 28.8. The Morgan fingerprint density at radius 2 is 0.897 bits per heavy atom. The van der Waals surface area contributed by atoms with E-state index in [-0.39, 0.29) is 0 Å². The van der Waals surface area contributed by atoms with Gasteiger partial charge in [-0.25, -0.2) is 0 Å². The first-order valence-electron chi connectivity index (χ1n) is 19.8. The molecule has 0 amide bonds. The standard InChI is InChI=1S/C54H35N3S/c1-3-16-37(17-4-1)55(39-30-31-53-48(35-39)46-23-10-14-29-52(46)58-53)40-32-36(33-41(34-40)56-49-26-11-7-20-43(49)44-21-8-12-27-50(44)56)42-24-15-25-47-45-22-9-13-28-51(45)57(54(42)47)38-18-5-2-6-19-38/h1-35H. The molecule has 0 unspecified atom stereocenters. The van der Waals surface area contributed by atoms with Crippen molar-refractivity contribution in [2.24, 2.45) is 0 Å². The van der Waals surface area contributed by atoms with E-state index in [0.717, 1.165) is 34.0 Å². The Hall–Kier alpha value is -7.40. The molecule has 58 heavy (non-hydrogen) atoms. The third-order valence-electron chi connectivity index (χ3n) is 11.7. The number of nitrogens with zero attached hydrogens (tertiary/aromatic N) is 3. The third kappa shape index (κ3) is 5.05. The van der Waals surface area contributed by atoms with Gasteiger partial charge in [-0.15, -0.1) is 11.3 Å². The molecule has 12 aromatic rings. The third-order valence-corrected chi connectivity index (χ3v) is 12.8. The van der Waals surface area contributed by atoms with Crippen molar-refractivity contribution >= 4 is 92.2 Å². The maximum atomic E-state index is 2.45. The van der Waals surface area contributed by atoms with Gasteiger partial charge in [0.15, 0.2) is 0 Å². The Balaban J connectivity index is 1.20. The summed E-state index contributed by atoms with van der Waals surface area (Å²) >= 11 is 1.85. The van der Waals surface area contributed by atoms with Gasteiger partial charge >= 0.3 is 0 Å². The van der Waals surface area contributed by atoms with Crippen molar-refractivity contribution in [2.75, 3.05) is 4.90 Å². The van der Waals surface area contributed by atoms with Crippen LogP contribution in [0.4, 0.5) is 17.1 Å². The van der Waals surface area contributed by atoms with Crippen molar-refractivity contribution in [3.8, 4) is 22.5 Å². The number of para-hydroxylation sites is 6. The van der Waals surface area contributed by atoms with Crippen LogP contribution in [0.2, 0.25) is 0 Å². The Bertz CT molecular complexity index is 3470. The molecule has 4 heteroatoms. The number of anilines is 3. The summed E-state index contributed by atoms with van der Waals surface area (Å²) < 4.78 is 7.48. The molecule has 0 spiro atoms. The highest BCUT2D eigenvalue weighted by Gasteiger charge is 2.22. The second-order valence-corrected chi connectivity index (χ2v) is 16.0. The molecule has 12 rings (SSSR count). The lowest BCUT2D eigenvalue weighted by Crippen LogP contribution is -2.11. The van der Waals surface area contributed by atoms with E-state index in [1.54, 1.807) is 0 Å². The van der Waals surface area contributed by atoms with Gasteiger partial charge in [0.05, 0.1) is 22.1 Å². The van der Waals surface area contributed by atoms with Crippen LogP contribution in [0, 0.1) is 0 Å². The molecule has 0 aliphatic heterocycles. The van der Waals surface area contributed by atoms with E-state index in [1.165, 1.54) is 69.3 Å². The van der Waals surface area contributed by atoms with Gasteiger partial charge in [0.2, 0.25) is 0 Å². The molecule has 9 aromatic carbocycles. The normalized spacial score (nSPS) is 11.8. The second-order valence-electron chi connectivity index (χ2n) is 14.9. The van der Waals surface area contributed by atoms with Crippen LogP contribution < -0.4 is 4.90 Å². The molecule has 0 bridgehead atoms. The van der Waals surface area contributed by atoms with E-state index >= 15 is 0 Å². The molecular formula is C54H35N3S. The van der Waals surface area contributed by atoms with E-state index in [9.17, 15) is 0 Å². The summed E-state index contributed by atoms with van der Waals surface area (Å²) in [6.45, 7) is 0. The predicted molar refractivity (Wildman–Crippen MR) is 248 cm³/mol. The molecule has 272 valence electrons. The minimum atomic E-state index is 1.08. The number of rotatable bonds is 6. The van der Waals surface area contributed by atoms with Crippen molar-refractivity contribution in [3.05, 3.63) is 212 Å². The summed E-state index contributed by atoms with van der Waals surface area (Å²) in [5.41, 5.74) is 12.6. The quantitative estimate of drug-likeness (QED) is 0.165. The second kappa shape index (κ2) is 13.1. The zero-order valence-corrected chi connectivity index (χ0v) is 32.3. The SMILES string of the molecule is c1ccc(N(c2cc(-c3cccc4c5ccccc5n(-c5ccccc5)c34)cc(-n3c4ccccc4c4ccccc43)c2)c2ccc3sc4ccccc4c3c2)cc1. The molecule has 0 radical (unpaired) electrons. The molecule has 3 aromatic heterocycles. The van der Waals surface area contributed by atoms with Crippen molar-refractivity contribution in [2.45, 2.75) is 0 Å². The van der Waals surface area contributed by atoms with E-state index in [2.05, 4.69) is 226 Å². The lowest BCUT2D eigenvalue weighted by atomic mass is 9.99. The number of aromatic nitrogens is 2. The van der Waals surface area contributed by atoms with Gasteiger partial charge in [0.25, 0.3) is 0 Å². The van der Waals surface area contributed by atoms with Crippen molar-refractivity contribution < 1.29 is 0 Å². The smallest absolute Gasteiger partial charge is 0.0619 e. The summed E-state index contributed by atoms with van der Waals surface area (Å²) in [5, 5.41) is 7.52. The summed E-state index contributed by atoms with van der Waals surface area (Å²) in [5.74, 6) is 0. The summed E-state index contributed by atoms with van der Waals surface area (Å²) in [4.78, 5) is 2.43. The van der Waals surface area contributed by atoms with Crippen molar-refractivity contribution in [1.29, 1.82) is 0 Å². The highest BCUT2D eigenvalue weighted by atomic mass is 32.1. The van der Waals surface area contributed by atoms with Gasteiger partial charge in [-0.1, -0.05) is 127 Å². The molecule has 0 saturated carbocycles. The van der Waals surface area contributed by atoms with Gasteiger partial charge in [-0.2, -0.15) is 0 Å². The van der Waals surface area contributed by atoms with E-state index < -0.39 is 0 Å². The molecule has 0 N–H and O–H groups in total. The maximum absolute atomic E-state index is 2.45. The number of fused-ring (bicyclic) bond motifs is 9. The zero-order chi connectivity index (χ0) is 38.2. The van der Waals surface area contributed by atoms with Gasteiger partial charge in [0, 0.05) is 75.7 Å². The van der Waals surface area contributed by atoms with Gasteiger partial charge in [0.1, 0.15) is 0 Å². The number of hydrogen-bond acceptors (Lipinski definition) is 2. The Morgan fingerprint density at radius 3 is 1.62 bits per heavy atom. The minimum Gasteiger partial charge on any atom is -0.310 e. The van der Waals surface area contributed by atoms with Crippen LogP contribution in [0.5, 0.6) is 0 Å². The lowest BCUT2D eigenvalue weighted by Gasteiger charge is -2.27. The summed E-state index contributed by atoms with van der Waals surface area (Å²) in [6, 6.07) is 77.6. The van der Waals surface area contributed by atoms with Crippen LogP contribution in [0.15, 0.2) is 212 Å². The van der Waals surface area contributed by atoms with Crippen LogP contribution in [0.3, 0.4) is 0 Å². The fourth-order valence-electron chi connectivity index (χ4n) is 9.18. The topological polar surface area (TPSA) is 13.1 Å². The summed E-state index contributed by atoms with van der Waals surface area (Å²) in [7, 11) is 0. The lowest BCUT2D eigenvalue weighted by molar-refractivity contribution is 1.17. The van der Waals surface area contributed by atoms with Gasteiger partial charge < -0.3 is 14.0 Å². The molecular weight excluding hydrogens is 723 g/mol. The van der Waals surface area contributed by atoms with Crippen LogP contribution in [0.25, 0.3) is 86.3 Å². The molecule has 0 aliphatic rings. The van der Waals surface area contributed by atoms with Crippen molar-refractivity contribution in [3.63, 3.8) is 0 Å². The van der Waals surface area contributed by atoms with Gasteiger partial charge in [-0.05, 0) is 90.5 Å². The van der Waals surface area contributed by atoms with Crippen LogP contribution in [-0.2, 0) is 0 Å². The van der Waals surface area contributed by atoms with E-state index in [1.807, 2.05) is 11.3 Å². The number of thiophene rings is 1. The Labute approximate surface area is 339 Å². The molecule has 0 atom stereocenters. The monoisotopic (exact) mass is 757 g/mol. The number of hydrogen-bond donors (Lipinski definition) is 0. The maximum Gasteiger partial charge on any atom is 0.0619 e. The average molecular weight is 758 g/mol. The minimum absolute atomic E-state index is 1.08. The zero-order valence-electron chi connectivity index (χ0n) is 31.5. The largest absolute Gasteiger partial charge is 0.310 e. The Kier molecular flexibility index (Phi) is 7.40. The van der Waals surface area contributed by atoms with Crippen LogP contribution in [0.1, 0.15) is 0 Å². The fourth-order valence-corrected chi connectivity index (χ4v) is 10.3. The molecule has 0 saturated heterocycles.